The summed E-state index contributed by atoms with van der Waals surface area (Å²) in [7, 11) is 0. The van der Waals surface area contributed by atoms with Crippen LogP contribution in [0.1, 0.15) is 30.6 Å². The van der Waals surface area contributed by atoms with Crippen LogP contribution in [-0.4, -0.2) is 28.1 Å². The highest BCUT2D eigenvalue weighted by atomic mass is 16.3. The molecule has 0 aliphatic heterocycles. The van der Waals surface area contributed by atoms with Crippen LogP contribution in [-0.2, 0) is 0 Å². The van der Waals surface area contributed by atoms with E-state index >= 15 is 0 Å². The van der Waals surface area contributed by atoms with Crippen LogP contribution in [0.15, 0.2) is 24.5 Å². The first kappa shape index (κ1) is 11.7. The van der Waals surface area contributed by atoms with Crippen molar-refractivity contribution in [2.45, 2.75) is 25.9 Å². The number of nitrogens with zero attached hydrogens (tertiary/aromatic N) is 1. The van der Waals surface area contributed by atoms with E-state index in [0.29, 0.717) is 18.5 Å². The van der Waals surface area contributed by atoms with Crippen LogP contribution in [0, 0.1) is 0 Å². The number of hydrogen-bond acceptors (Lipinski definition) is 3. The zero-order valence-corrected chi connectivity index (χ0v) is 9.03. The van der Waals surface area contributed by atoms with Gasteiger partial charge in [0.1, 0.15) is 0 Å². The Labute approximate surface area is 89.3 Å². The van der Waals surface area contributed by atoms with Crippen LogP contribution < -0.4 is 5.32 Å². The number of rotatable bonds is 4. The molecular weight excluding hydrogens is 192 g/mol. The number of carbonyl (C=O) groups is 1. The summed E-state index contributed by atoms with van der Waals surface area (Å²) in [4.78, 5) is 15.3. The average molecular weight is 208 g/mol. The molecule has 0 spiro atoms. The van der Waals surface area contributed by atoms with Gasteiger partial charge in [-0.2, -0.15) is 0 Å². The molecule has 0 fully saturated rings. The van der Waals surface area contributed by atoms with Gasteiger partial charge in [0.15, 0.2) is 0 Å². The molecule has 15 heavy (non-hydrogen) atoms. The molecule has 1 aromatic rings. The largest absolute Gasteiger partial charge is 0.390 e. The van der Waals surface area contributed by atoms with Crippen LogP contribution in [0.2, 0.25) is 0 Å². The highest BCUT2D eigenvalue weighted by Crippen LogP contribution is 2.05. The van der Waals surface area contributed by atoms with E-state index in [4.69, 9.17) is 0 Å². The maximum absolute atomic E-state index is 11.5. The SMILES string of the molecule is CC(C)(O)CCNC(=O)c1ccncc1. The molecule has 1 rings (SSSR count). The van der Waals surface area contributed by atoms with E-state index in [9.17, 15) is 9.90 Å². The summed E-state index contributed by atoms with van der Waals surface area (Å²) in [6.07, 6.45) is 3.68. The summed E-state index contributed by atoms with van der Waals surface area (Å²) in [5.41, 5.74) is -0.160. The van der Waals surface area contributed by atoms with Crippen molar-refractivity contribution in [1.29, 1.82) is 0 Å². The molecule has 1 heterocycles. The zero-order chi connectivity index (χ0) is 11.3. The molecule has 0 aliphatic rings. The van der Waals surface area contributed by atoms with Crippen molar-refractivity contribution in [2.24, 2.45) is 0 Å². The Hall–Kier alpha value is -1.42. The Morgan fingerprint density at radius 2 is 2.07 bits per heavy atom. The first-order chi connectivity index (χ1) is 6.99. The predicted octanol–water partition coefficient (Wildman–Crippen LogP) is 0.972. The van der Waals surface area contributed by atoms with Gasteiger partial charge >= 0.3 is 0 Å². The number of aromatic nitrogens is 1. The molecule has 0 radical (unpaired) electrons. The standard InChI is InChI=1S/C11H16N2O2/c1-11(2,15)5-8-13-10(14)9-3-6-12-7-4-9/h3-4,6-7,15H,5,8H2,1-2H3,(H,13,14). The van der Waals surface area contributed by atoms with Gasteiger partial charge in [0.05, 0.1) is 5.60 Å². The van der Waals surface area contributed by atoms with Gasteiger partial charge < -0.3 is 10.4 Å². The van der Waals surface area contributed by atoms with E-state index in [1.54, 1.807) is 38.4 Å². The van der Waals surface area contributed by atoms with Crippen LogP contribution in [0.25, 0.3) is 0 Å². The molecule has 0 aromatic carbocycles. The fraction of sp³-hybridized carbons (Fsp3) is 0.455. The fourth-order valence-corrected chi connectivity index (χ4v) is 1.09. The van der Waals surface area contributed by atoms with Gasteiger partial charge in [-0.15, -0.1) is 0 Å². The van der Waals surface area contributed by atoms with E-state index in [1.165, 1.54) is 0 Å². The van der Waals surface area contributed by atoms with Crippen molar-refractivity contribution >= 4 is 5.91 Å². The van der Waals surface area contributed by atoms with E-state index in [1.807, 2.05) is 0 Å². The third kappa shape index (κ3) is 4.56. The summed E-state index contributed by atoms with van der Waals surface area (Å²) in [5, 5.41) is 12.2. The maximum atomic E-state index is 11.5. The Morgan fingerprint density at radius 1 is 1.47 bits per heavy atom. The molecule has 0 saturated carbocycles. The monoisotopic (exact) mass is 208 g/mol. The number of pyridine rings is 1. The molecule has 2 N–H and O–H groups in total. The van der Waals surface area contributed by atoms with Gasteiger partial charge in [0, 0.05) is 24.5 Å². The van der Waals surface area contributed by atoms with Gasteiger partial charge in [0.25, 0.3) is 5.91 Å². The van der Waals surface area contributed by atoms with Crippen LogP contribution in [0.5, 0.6) is 0 Å². The second-order valence-corrected chi connectivity index (χ2v) is 4.05. The molecule has 0 aliphatic carbocycles. The quantitative estimate of drug-likeness (QED) is 0.775. The topological polar surface area (TPSA) is 62.2 Å². The maximum Gasteiger partial charge on any atom is 0.251 e. The van der Waals surface area contributed by atoms with Crippen LogP contribution in [0.4, 0.5) is 0 Å². The summed E-state index contributed by atoms with van der Waals surface area (Å²) in [6.45, 7) is 3.89. The number of aliphatic hydroxyl groups is 1. The molecule has 0 bridgehead atoms. The molecule has 82 valence electrons. The van der Waals surface area contributed by atoms with Gasteiger partial charge in [-0.25, -0.2) is 0 Å². The second-order valence-electron chi connectivity index (χ2n) is 4.05. The zero-order valence-electron chi connectivity index (χ0n) is 9.03. The lowest BCUT2D eigenvalue weighted by Gasteiger charge is -2.16. The van der Waals surface area contributed by atoms with Gasteiger partial charge in [-0.3, -0.25) is 9.78 Å². The average Bonchev–Trinajstić information content (AvgIpc) is 2.17. The second kappa shape index (κ2) is 4.89. The molecule has 1 aromatic heterocycles. The summed E-state index contributed by atoms with van der Waals surface area (Å²) >= 11 is 0. The normalized spacial score (nSPS) is 11.1. The Balaban J connectivity index is 2.38. The Bertz CT molecular complexity index is 317. The van der Waals surface area contributed by atoms with Gasteiger partial charge in [-0.1, -0.05) is 0 Å². The van der Waals surface area contributed by atoms with Crippen molar-refractivity contribution in [3.8, 4) is 0 Å². The smallest absolute Gasteiger partial charge is 0.251 e. The molecule has 1 amide bonds. The molecule has 0 atom stereocenters. The third-order valence-electron chi connectivity index (χ3n) is 1.96. The highest BCUT2D eigenvalue weighted by Gasteiger charge is 2.12. The fourth-order valence-electron chi connectivity index (χ4n) is 1.09. The molecule has 4 nitrogen and oxygen atoms in total. The van der Waals surface area contributed by atoms with E-state index in [2.05, 4.69) is 10.3 Å². The lowest BCUT2D eigenvalue weighted by molar-refractivity contribution is 0.0693. The van der Waals surface area contributed by atoms with E-state index in [-0.39, 0.29) is 5.91 Å². The van der Waals surface area contributed by atoms with Crippen molar-refractivity contribution in [1.82, 2.24) is 10.3 Å². The molecular formula is C11H16N2O2. The molecule has 0 saturated heterocycles. The van der Waals surface area contributed by atoms with Crippen molar-refractivity contribution < 1.29 is 9.90 Å². The molecule has 0 unspecified atom stereocenters. The van der Waals surface area contributed by atoms with Crippen LogP contribution >= 0.6 is 0 Å². The number of nitrogens with one attached hydrogen (secondary N) is 1. The summed E-state index contributed by atoms with van der Waals surface area (Å²) in [5.74, 6) is -0.137. The minimum Gasteiger partial charge on any atom is -0.390 e. The first-order valence-corrected chi connectivity index (χ1v) is 4.90. The van der Waals surface area contributed by atoms with E-state index < -0.39 is 5.60 Å². The predicted molar refractivity (Wildman–Crippen MR) is 57.5 cm³/mol. The minimum atomic E-state index is -0.745. The lowest BCUT2D eigenvalue weighted by atomic mass is 10.1. The van der Waals surface area contributed by atoms with Crippen LogP contribution in [0.3, 0.4) is 0 Å². The highest BCUT2D eigenvalue weighted by molar-refractivity contribution is 5.93. The van der Waals surface area contributed by atoms with E-state index in [0.717, 1.165) is 0 Å². The van der Waals surface area contributed by atoms with Crippen molar-refractivity contribution in [3.63, 3.8) is 0 Å². The molecule has 4 heteroatoms. The number of amides is 1. The van der Waals surface area contributed by atoms with Gasteiger partial charge in [0.2, 0.25) is 0 Å². The number of hydrogen-bond donors (Lipinski definition) is 2. The lowest BCUT2D eigenvalue weighted by Crippen LogP contribution is -2.30. The summed E-state index contributed by atoms with van der Waals surface area (Å²) in [6, 6.07) is 3.30. The minimum absolute atomic E-state index is 0.137. The van der Waals surface area contributed by atoms with Crippen molar-refractivity contribution in [2.75, 3.05) is 6.54 Å². The third-order valence-corrected chi connectivity index (χ3v) is 1.96. The Kier molecular flexibility index (Phi) is 3.80. The number of carbonyl (C=O) groups excluding carboxylic acids is 1. The van der Waals surface area contributed by atoms with Crippen molar-refractivity contribution in [3.05, 3.63) is 30.1 Å². The first-order valence-electron chi connectivity index (χ1n) is 4.90. The van der Waals surface area contributed by atoms with Gasteiger partial charge in [-0.05, 0) is 32.4 Å². The summed E-state index contributed by atoms with van der Waals surface area (Å²) < 4.78 is 0. The Morgan fingerprint density at radius 3 is 2.60 bits per heavy atom.